The maximum atomic E-state index is 2.56. The lowest BCUT2D eigenvalue weighted by atomic mass is 9.65. The Labute approximate surface area is 330 Å². The van der Waals surface area contributed by atoms with Gasteiger partial charge < -0.3 is 4.90 Å². The molecule has 1 heteroatoms. The SMILES string of the molecule is CC1(C)c2ccccc2-c2ccc(N(c3ccc4c(c3)C(C)(C)c3ccccc3-4)c3ccc4c(c3)C3(c5ccccc5-c5ccccc53)C3CC=CC=C43)cc21. The quantitative estimate of drug-likeness (QED) is 0.176. The highest BCUT2D eigenvalue weighted by Crippen LogP contribution is 2.66. The predicted octanol–water partition coefficient (Wildman–Crippen LogP) is 14.1. The van der Waals surface area contributed by atoms with E-state index in [1.165, 1.54) is 101 Å². The molecule has 1 atom stereocenters. The van der Waals surface area contributed by atoms with Gasteiger partial charge in [0.15, 0.2) is 0 Å². The maximum Gasteiger partial charge on any atom is 0.0541 e. The van der Waals surface area contributed by atoms with Crippen molar-refractivity contribution in [1.82, 2.24) is 0 Å². The summed E-state index contributed by atoms with van der Waals surface area (Å²) in [6, 6.07) is 58.2. The summed E-state index contributed by atoms with van der Waals surface area (Å²) in [4.78, 5) is 2.55. The second-order valence-electron chi connectivity index (χ2n) is 17.6. The zero-order valence-corrected chi connectivity index (χ0v) is 32.4. The Balaban J connectivity index is 1.12. The van der Waals surface area contributed by atoms with Crippen LogP contribution in [0.3, 0.4) is 0 Å². The van der Waals surface area contributed by atoms with Crippen molar-refractivity contribution in [1.29, 1.82) is 0 Å². The Morgan fingerprint density at radius 2 is 0.804 bits per heavy atom. The van der Waals surface area contributed by atoms with Crippen LogP contribution in [0.5, 0.6) is 0 Å². The van der Waals surface area contributed by atoms with Crippen molar-refractivity contribution in [2.45, 2.75) is 50.4 Å². The van der Waals surface area contributed by atoms with E-state index in [0.29, 0.717) is 5.92 Å². The molecule has 1 spiro atoms. The van der Waals surface area contributed by atoms with E-state index in [-0.39, 0.29) is 16.2 Å². The monoisotopic (exact) mass is 717 g/mol. The fourth-order valence-corrected chi connectivity index (χ4v) is 11.8. The second-order valence-corrected chi connectivity index (χ2v) is 17.6. The molecule has 0 fully saturated rings. The van der Waals surface area contributed by atoms with Gasteiger partial charge in [-0.25, -0.2) is 0 Å². The van der Waals surface area contributed by atoms with Crippen LogP contribution in [0.2, 0.25) is 0 Å². The third-order valence-electron chi connectivity index (χ3n) is 14.3. The molecule has 0 bridgehead atoms. The third-order valence-corrected chi connectivity index (χ3v) is 14.3. The van der Waals surface area contributed by atoms with E-state index in [0.717, 1.165) is 6.42 Å². The highest BCUT2D eigenvalue weighted by molar-refractivity contribution is 5.95. The van der Waals surface area contributed by atoms with Crippen LogP contribution < -0.4 is 4.90 Å². The van der Waals surface area contributed by atoms with Gasteiger partial charge >= 0.3 is 0 Å². The van der Waals surface area contributed by atoms with E-state index in [1.54, 1.807) is 0 Å². The average molecular weight is 718 g/mol. The number of rotatable bonds is 3. The third kappa shape index (κ3) is 3.91. The summed E-state index contributed by atoms with van der Waals surface area (Å²) < 4.78 is 0. The van der Waals surface area contributed by atoms with Gasteiger partial charge in [0.1, 0.15) is 0 Å². The molecule has 0 N–H and O–H groups in total. The summed E-state index contributed by atoms with van der Waals surface area (Å²) in [6.45, 7) is 9.55. The molecular formula is C55H43N. The minimum Gasteiger partial charge on any atom is -0.310 e. The van der Waals surface area contributed by atoms with Gasteiger partial charge in [0, 0.05) is 33.8 Å². The Bertz CT molecular complexity index is 2760. The largest absolute Gasteiger partial charge is 0.310 e. The Morgan fingerprint density at radius 3 is 1.30 bits per heavy atom. The van der Waals surface area contributed by atoms with Gasteiger partial charge in [-0.15, -0.1) is 0 Å². The number of anilines is 3. The number of hydrogen-bond acceptors (Lipinski definition) is 1. The minimum atomic E-state index is -0.274. The normalized spacial score (nSPS) is 18.6. The van der Waals surface area contributed by atoms with Crippen LogP contribution in [-0.4, -0.2) is 0 Å². The first-order chi connectivity index (χ1) is 27.3. The molecule has 1 unspecified atom stereocenters. The fraction of sp³-hybridized carbons (Fsp3) is 0.164. The minimum absolute atomic E-state index is 0.108. The summed E-state index contributed by atoms with van der Waals surface area (Å²) in [5, 5.41) is 0. The summed E-state index contributed by atoms with van der Waals surface area (Å²) in [7, 11) is 0. The molecule has 0 radical (unpaired) electrons. The highest BCUT2D eigenvalue weighted by Gasteiger charge is 2.56. The van der Waals surface area contributed by atoms with E-state index in [1.807, 2.05) is 0 Å². The molecule has 0 aliphatic heterocycles. The first kappa shape index (κ1) is 32.1. The van der Waals surface area contributed by atoms with Gasteiger partial charge in [0.2, 0.25) is 0 Å². The molecule has 7 aromatic carbocycles. The zero-order chi connectivity index (χ0) is 37.6. The van der Waals surface area contributed by atoms with Gasteiger partial charge in [-0.1, -0.05) is 161 Å². The molecule has 268 valence electrons. The summed E-state index contributed by atoms with van der Waals surface area (Å²) >= 11 is 0. The van der Waals surface area contributed by atoms with Gasteiger partial charge in [-0.2, -0.15) is 0 Å². The topological polar surface area (TPSA) is 3.24 Å². The van der Waals surface area contributed by atoms with Crippen LogP contribution in [0.1, 0.15) is 78.6 Å². The summed E-state index contributed by atoms with van der Waals surface area (Å²) in [5.74, 6) is 0.328. The molecule has 0 amide bonds. The number of allylic oxidation sites excluding steroid dienone is 4. The fourth-order valence-electron chi connectivity index (χ4n) is 11.8. The first-order valence-corrected chi connectivity index (χ1v) is 20.3. The summed E-state index contributed by atoms with van der Waals surface area (Å²) in [6.07, 6.45) is 8.07. The van der Waals surface area contributed by atoms with Crippen molar-refractivity contribution in [3.05, 3.63) is 214 Å². The molecule has 0 heterocycles. The second kappa shape index (κ2) is 11.0. The molecule has 12 rings (SSSR count). The van der Waals surface area contributed by atoms with E-state index in [2.05, 4.69) is 202 Å². The standard InChI is InChI=1S/C55H43N/c1-53(2)45-20-10-5-15-37(45)42-28-25-34(31-50(42)53)56(35-26-29-43-38-16-6-11-21-46(38)54(3,4)51(43)32-35)36-27-30-44-41-19-9-14-24-49(41)55(52(44)33-36)47-22-12-7-17-39(47)40-18-8-13-23-48(40)55/h5-23,25-33,49H,24H2,1-4H3. The number of hydrogen-bond donors (Lipinski definition) is 0. The molecule has 5 aliphatic carbocycles. The lowest BCUT2D eigenvalue weighted by Crippen LogP contribution is -2.32. The summed E-state index contributed by atoms with van der Waals surface area (Å²) in [5.41, 5.74) is 23.9. The molecule has 0 saturated heterocycles. The molecule has 5 aliphatic rings. The molecule has 0 saturated carbocycles. The van der Waals surface area contributed by atoms with Crippen molar-refractivity contribution >= 4 is 22.6 Å². The maximum absolute atomic E-state index is 2.56. The molecule has 56 heavy (non-hydrogen) atoms. The highest BCUT2D eigenvalue weighted by atomic mass is 15.1. The van der Waals surface area contributed by atoms with Gasteiger partial charge in [-0.05, 0) is 126 Å². The number of nitrogens with zero attached hydrogens (tertiary/aromatic N) is 1. The Hall–Kier alpha value is -6.18. The number of benzene rings is 7. The van der Waals surface area contributed by atoms with Crippen molar-refractivity contribution in [3.63, 3.8) is 0 Å². The van der Waals surface area contributed by atoms with E-state index >= 15 is 0 Å². The molecule has 0 aromatic heterocycles. The van der Waals surface area contributed by atoms with E-state index in [9.17, 15) is 0 Å². The Kier molecular flexibility index (Phi) is 6.30. The van der Waals surface area contributed by atoms with E-state index in [4.69, 9.17) is 0 Å². The zero-order valence-electron chi connectivity index (χ0n) is 32.4. The molecule has 7 aromatic rings. The van der Waals surface area contributed by atoms with Crippen LogP contribution in [0.25, 0.3) is 39.0 Å². The van der Waals surface area contributed by atoms with Crippen molar-refractivity contribution in [2.24, 2.45) is 5.92 Å². The van der Waals surface area contributed by atoms with Gasteiger partial charge in [0.25, 0.3) is 0 Å². The van der Waals surface area contributed by atoms with Crippen LogP contribution in [-0.2, 0) is 16.2 Å². The lowest BCUT2D eigenvalue weighted by molar-refractivity contribution is 0.495. The number of fused-ring (bicyclic) bond motifs is 16. The lowest BCUT2D eigenvalue weighted by Gasteiger charge is -2.36. The van der Waals surface area contributed by atoms with Crippen LogP contribution in [0.15, 0.2) is 170 Å². The van der Waals surface area contributed by atoms with Crippen LogP contribution in [0, 0.1) is 5.92 Å². The average Bonchev–Trinajstić information content (AvgIpc) is 3.86. The van der Waals surface area contributed by atoms with Gasteiger partial charge in [0.05, 0.1) is 5.41 Å². The first-order valence-electron chi connectivity index (χ1n) is 20.3. The predicted molar refractivity (Wildman–Crippen MR) is 233 cm³/mol. The Morgan fingerprint density at radius 1 is 0.411 bits per heavy atom. The molecular weight excluding hydrogens is 675 g/mol. The van der Waals surface area contributed by atoms with Crippen molar-refractivity contribution in [3.8, 4) is 33.4 Å². The van der Waals surface area contributed by atoms with Crippen LogP contribution >= 0.6 is 0 Å². The van der Waals surface area contributed by atoms with E-state index < -0.39 is 0 Å². The van der Waals surface area contributed by atoms with Gasteiger partial charge in [-0.3, -0.25) is 0 Å². The smallest absolute Gasteiger partial charge is 0.0541 e. The molecule has 1 nitrogen and oxygen atoms in total. The van der Waals surface area contributed by atoms with Crippen molar-refractivity contribution in [2.75, 3.05) is 4.90 Å². The van der Waals surface area contributed by atoms with Crippen molar-refractivity contribution < 1.29 is 0 Å². The van der Waals surface area contributed by atoms with Crippen LogP contribution in [0.4, 0.5) is 17.1 Å².